The lowest BCUT2D eigenvalue weighted by atomic mass is 10.1. The van der Waals surface area contributed by atoms with Gasteiger partial charge in [-0.15, -0.1) is 0 Å². The van der Waals surface area contributed by atoms with Crippen LogP contribution in [0, 0.1) is 32.4 Å². The molecule has 0 atom stereocenters. The fraction of sp³-hybridized carbons (Fsp3) is 0.373. The van der Waals surface area contributed by atoms with Gasteiger partial charge in [0.15, 0.2) is 0 Å². The van der Waals surface area contributed by atoms with Crippen LogP contribution >= 0.6 is 0 Å². The van der Waals surface area contributed by atoms with Crippen molar-refractivity contribution >= 4 is 32.7 Å². The van der Waals surface area contributed by atoms with Crippen LogP contribution in [0.3, 0.4) is 0 Å². The summed E-state index contributed by atoms with van der Waals surface area (Å²) in [5.41, 5.74) is 19.0. The molecule has 0 fully saturated rings. The third-order valence-corrected chi connectivity index (χ3v) is 16.5. The van der Waals surface area contributed by atoms with Crippen molar-refractivity contribution in [1.82, 2.24) is 28.4 Å². The summed E-state index contributed by atoms with van der Waals surface area (Å²) in [6.07, 6.45) is 5.11. The highest BCUT2D eigenvalue weighted by Gasteiger charge is 2.30. The molecule has 0 bridgehead atoms. The monoisotopic (exact) mass is 1060 g/mol. The van der Waals surface area contributed by atoms with Gasteiger partial charge in [0.1, 0.15) is 11.6 Å². The lowest BCUT2D eigenvalue weighted by Gasteiger charge is -2.12. The summed E-state index contributed by atoms with van der Waals surface area (Å²) in [5, 5.41) is 3.81. The molecule has 0 saturated heterocycles. The Kier molecular flexibility index (Phi) is 16.7. The van der Waals surface area contributed by atoms with E-state index in [0.29, 0.717) is 0 Å². The maximum absolute atomic E-state index is 13.9. The van der Waals surface area contributed by atoms with Crippen LogP contribution in [0.1, 0.15) is 92.0 Å². The van der Waals surface area contributed by atoms with Gasteiger partial charge in [-0.1, -0.05) is 77.4 Å². The van der Waals surface area contributed by atoms with E-state index in [1.807, 2.05) is 18.2 Å². The van der Waals surface area contributed by atoms with Crippen molar-refractivity contribution in [3.05, 3.63) is 212 Å². The number of rotatable bonds is 9. The summed E-state index contributed by atoms with van der Waals surface area (Å²) < 4.78 is 72.7. The first kappa shape index (κ1) is 54.8. The van der Waals surface area contributed by atoms with Crippen molar-refractivity contribution in [2.24, 2.45) is 0 Å². The first-order valence-corrected chi connectivity index (χ1v) is 28.1. The number of aromatic nitrogens is 3. The number of hydrogen-bond donors (Lipinski definition) is 0. The smallest absolute Gasteiger partial charge is 0.344 e. The highest BCUT2D eigenvalue weighted by molar-refractivity contribution is 5.88. The average Bonchev–Trinajstić information content (AvgIpc) is 3.86. The van der Waals surface area contributed by atoms with E-state index in [2.05, 4.69) is 131 Å². The van der Waals surface area contributed by atoms with Gasteiger partial charge in [-0.2, -0.15) is 13.2 Å². The summed E-state index contributed by atoms with van der Waals surface area (Å²) >= 11 is 0. The molecule has 12 rings (SSSR count). The quantitative estimate of drug-likeness (QED) is 0.135. The highest BCUT2D eigenvalue weighted by Crippen LogP contribution is 2.35. The second-order valence-corrected chi connectivity index (χ2v) is 22.5. The molecule has 3 aliphatic heterocycles. The van der Waals surface area contributed by atoms with Crippen LogP contribution < -0.4 is 0 Å². The zero-order valence-electron chi connectivity index (χ0n) is 46.4. The van der Waals surface area contributed by atoms with Gasteiger partial charge in [0.2, 0.25) is 0 Å². The molecular weight excluding hydrogens is 984 g/mol. The van der Waals surface area contributed by atoms with Crippen molar-refractivity contribution in [2.75, 3.05) is 40.8 Å². The molecule has 6 aromatic carbocycles. The van der Waals surface area contributed by atoms with Crippen LogP contribution in [0.4, 0.5) is 22.0 Å². The second kappa shape index (κ2) is 23.8. The van der Waals surface area contributed by atoms with Crippen LogP contribution in [0.15, 0.2) is 127 Å². The molecule has 0 saturated carbocycles. The van der Waals surface area contributed by atoms with Crippen molar-refractivity contribution in [1.29, 1.82) is 0 Å². The Morgan fingerprint density at radius 2 is 0.731 bits per heavy atom. The summed E-state index contributed by atoms with van der Waals surface area (Å²) in [7, 11) is 6.53. The normalized spacial score (nSPS) is 15.4. The highest BCUT2D eigenvalue weighted by atomic mass is 19.4. The summed E-state index contributed by atoms with van der Waals surface area (Å²) in [5.74, 6) is -0.305. The van der Waals surface area contributed by atoms with E-state index in [4.69, 9.17) is 0 Å². The minimum absolute atomic E-state index is 0.141. The topological polar surface area (TPSA) is 24.5 Å². The fourth-order valence-corrected chi connectivity index (χ4v) is 12.4. The first-order chi connectivity index (χ1) is 37.6. The van der Waals surface area contributed by atoms with Gasteiger partial charge in [0.05, 0.1) is 5.56 Å². The van der Waals surface area contributed by atoms with E-state index < -0.39 is 11.7 Å². The Bertz CT molecular complexity index is 3360. The minimum Gasteiger partial charge on any atom is -0.344 e. The molecule has 0 radical (unpaired) electrons. The largest absolute Gasteiger partial charge is 0.416 e. The molecule has 0 unspecified atom stereocenters. The van der Waals surface area contributed by atoms with Crippen LogP contribution in [0.5, 0.6) is 0 Å². The Hall–Kier alpha value is -6.53. The molecule has 9 aromatic rings. The number of halogens is 5. The number of hydrogen-bond acceptors (Lipinski definition) is 3. The Balaban J connectivity index is 0.000000133. The van der Waals surface area contributed by atoms with E-state index in [9.17, 15) is 22.0 Å². The predicted molar refractivity (Wildman–Crippen MR) is 309 cm³/mol. The van der Waals surface area contributed by atoms with Gasteiger partial charge in [0.25, 0.3) is 0 Å². The molecule has 11 heteroatoms. The van der Waals surface area contributed by atoms with E-state index >= 15 is 0 Å². The molecule has 6 nitrogen and oxygen atoms in total. The molecular formula is C67H75F5N6. The maximum Gasteiger partial charge on any atom is 0.416 e. The lowest BCUT2D eigenvalue weighted by molar-refractivity contribution is -0.137. The first-order valence-electron chi connectivity index (χ1n) is 28.1. The zero-order valence-corrected chi connectivity index (χ0v) is 46.4. The summed E-state index contributed by atoms with van der Waals surface area (Å²) in [4.78, 5) is 7.15. The van der Waals surface area contributed by atoms with Crippen LogP contribution in [-0.4, -0.2) is 69.2 Å². The lowest BCUT2D eigenvalue weighted by Crippen LogP contribution is -2.17. The molecule has 78 heavy (non-hydrogen) atoms. The predicted octanol–water partition coefficient (Wildman–Crippen LogP) is 15.0. The van der Waals surface area contributed by atoms with Gasteiger partial charge in [0, 0.05) is 89.1 Å². The third-order valence-electron chi connectivity index (χ3n) is 16.5. The molecule has 3 aliphatic rings. The van der Waals surface area contributed by atoms with Crippen LogP contribution in [0.2, 0.25) is 0 Å². The average molecular weight is 1060 g/mol. The number of nitrogens with zero attached hydrogens (tertiary/aromatic N) is 6. The Morgan fingerprint density at radius 3 is 1.13 bits per heavy atom. The van der Waals surface area contributed by atoms with E-state index in [1.54, 1.807) is 36.4 Å². The van der Waals surface area contributed by atoms with Crippen molar-refractivity contribution < 1.29 is 22.0 Å². The number of aryl methyl sites for hydroxylation is 9. The Morgan fingerprint density at radius 1 is 0.397 bits per heavy atom. The molecule has 0 aliphatic carbocycles. The van der Waals surface area contributed by atoms with Crippen molar-refractivity contribution in [3.8, 4) is 0 Å². The molecule has 6 heterocycles. The maximum atomic E-state index is 13.9. The zero-order chi connectivity index (χ0) is 54.7. The molecule has 0 N–H and O–H groups in total. The van der Waals surface area contributed by atoms with Gasteiger partial charge < -0.3 is 28.4 Å². The number of alkyl halides is 3. The van der Waals surface area contributed by atoms with E-state index in [-0.39, 0.29) is 11.6 Å². The molecule has 408 valence electrons. The number of fused-ring (bicyclic) bond motifs is 9. The molecule has 0 amide bonds. The molecule has 0 spiro atoms. The summed E-state index contributed by atoms with van der Waals surface area (Å²) in [6, 6.07) is 39.9. The Labute approximate surface area is 457 Å². The number of benzene rings is 6. The van der Waals surface area contributed by atoms with E-state index in [1.165, 1.54) is 107 Å². The molecule has 3 aromatic heterocycles. The minimum atomic E-state index is -4.28. The van der Waals surface area contributed by atoms with Gasteiger partial charge >= 0.3 is 6.18 Å². The summed E-state index contributed by atoms with van der Waals surface area (Å²) in [6.45, 7) is 15.3. The second-order valence-electron chi connectivity index (χ2n) is 22.5. The third kappa shape index (κ3) is 12.5. The van der Waals surface area contributed by atoms with Gasteiger partial charge in [-0.3, -0.25) is 0 Å². The standard InChI is InChI=1S/C23H25F3N2.2C22H25FN2/c1-16-5-10-22-19(14-16)20-15-27(2)12-3-4-21(20)28(22)13-11-17-6-8-18(9-7-17)23(24,25)26;1-16-5-10-22-19(14-16)20-15-24(2)12-3-4-21(20)25(22)13-11-17-6-8-18(23)9-7-17;1-16-5-7-17(8-6-16)11-13-25-21-4-3-12-24(2)15-20(21)19-14-18(23)9-10-22(19)25/h5-10,14H,3-4,11-13,15H2,1-2H3;2*5-10,14H,3-4,11-13,15H2,1-2H3. The van der Waals surface area contributed by atoms with Crippen molar-refractivity contribution in [3.63, 3.8) is 0 Å². The van der Waals surface area contributed by atoms with Crippen LogP contribution in [0.25, 0.3) is 32.7 Å². The fourth-order valence-electron chi connectivity index (χ4n) is 12.4. The van der Waals surface area contributed by atoms with Crippen LogP contribution in [-0.2, 0) is 84.0 Å². The van der Waals surface area contributed by atoms with Gasteiger partial charge in [-0.05, 0) is 219 Å². The van der Waals surface area contributed by atoms with E-state index in [0.717, 1.165) is 121 Å². The van der Waals surface area contributed by atoms with Crippen molar-refractivity contribution in [2.45, 2.75) is 124 Å². The SMILES string of the molecule is Cc1ccc(CCn2c3c(c4cc(F)ccc42)CN(C)CCC3)cc1.Cc1ccc2c(c1)c1c(n2CCc2ccc(C(F)(F)F)cc2)CCCN(C)C1.Cc1ccc2c(c1)c1c(n2CCc2ccc(F)cc2)CCCN(C)C1. The van der Waals surface area contributed by atoms with Gasteiger partial charge in [-0.25, -0.2) is 8.78 Å².